The second-order valence-corrected chi connectivity index (χ2v) is 14.8. The molecule has 0 aliphatic heterocycles. The number of alkyl halides is 3. The summed E-state index contributed by atoms with van der Waals surface area (Å²) in [5.74, 6) is 0. The maximum absolute atomic E-state index is 15.5. The van der Waals surface area contributed by atoms with Gasteiger partial charge in [0.25, 0.3) is 0 Å². The van der Waals surface area contributed by atoms with Gasteiger partial charge in [-0.3, -0.25) is 0 Å². The summed E-state index contributed by atoms with van der Waals surface area (Å²) in [6, 6.07) is 56.4. The van der Waals surface area contributed by atoms with Gasteiger partial charge in [-0.25, -0.2) is 0 Å². The van der Waals surface area contributed by atoms with Crippen molar-refractivity contribution in [3.8, 4) is 50.8 Å². The van der Waals surface area contributed by atoms with E-state index >= 15 is 13.2 Å². The summed E-state index contributed by atoms with van der Waals surface area (Å²) in [7, 11) is 0. The van der Waals surface area contributed by atoms with Gasteiger partial charge in [0.2, 0.25) is 0 Å². The fraction of sp³-hybridized carbons (Fsp3) is 0.0577. The Morgan fingerprint density at radius 1 is 0.448 bits per heavy atom. The van der Waals surface area contributed by atoms with E-state index in [0.29, 0.717) is 33.4 Å². The van der Waals surface area contributed by atoms with E-state index in [1.807, 2.05) is 84.9 Å². The molecule has 0 spiro atoms. The molecule has 0 radical (unpaired) electrons. The maximum Gasteiger partial charge on any atom is 0.418 e. The molecule has 2 heterocycles. The Bertz CT molecular complexity index is 3320. The van der Waals surface area contributed by atoms with Crippen molar-refractivity contribution in [3.63, 3.8) is 0 Å². The van der Waals surface area contributed by atoms with E-state index < -0.39 is 11.7 Å². The van der Waals surface area contributed by atoms with E-state index in [-0.39, 0.29) is 5.69 Å². The minimum absolute atomic E-state index is 0.00351. The summed E-state index contributed by atoms with van der Waals surface area (Å²) < 4.78 is 50.5. The number of halogens is 3. The summed E-state index contributed by atoms with van der Waals surface area (Å²) in [5, 5.41) is 14.0. The van der Waals surface area contributed by atoms with E-state index in [9.17, 15) is 5.26 Å². The van der Waals surface area contributed by atoms with Gasteiger partial charge in [0.05, 0.1) is 50.6 Å². The first-order chi connectivity index (χ1) is 28.2. The van der Waals surface area contributed by atoms with E-state index in [2.05, 4.69) is 79.1 Å². The van der Waals surface area contributed by atoms with E-state index in [0.717, 1.165) is 72.0 Å². The van der Waals surface area contributed by atoms with Gasteiger partial charge < -0.3 is 9.13 Å². The number of aryl methyl sites for hydroxylation is 2. The Morgan fingerprint density at radius 2 is 0.948 bits per heavy atom. The fourth-order valence-electron chi connectivity index (χ4n) is 8.82. The molecule has 6 heteroatoms. The molecule has 0 saturated carbocycles. The molecule has 10 aromatic rings. The van der Waals surface area contributed by atoms with Crippen LogP contribution in [0.15, 0.2) is 170 Å². The number of para-hydroxylation sites is 3. The molecule has 0 N–H and O–H groups in total. The molecule has 0 unspecified atom stereocenters. The molecule has 0 aliphatic rings. The van der Waals surface area contributed by atoms with Crippen LogP contribution >= 0.6 is 0 Å². The normalized spacial score (nSPS) is 11.9. The van der Waals surface area contributed by atoms with E-state index in [1.54, 1.807) is 22.8 Å². The van der Waals surface area contributed by atoms with E-state index in [1.165, 1.54) is 6.07 Å². The van der Waals surface area contributed by atoms with Gasteiger partial charge in [0.1, 0.15) is 0 Å². The lowest BCUT2D eigenvalue weighted by Crippen LogP contribution is -2.12. The molecule has 278 valence electrons. The number of rotatable bonds is 5. The molecule has 0 atom stereocenters. The van der Waals surface area contributed by atoms with Crippen molar-refractivity contribution in [2.24, 2.45) is 0 Å². The summed E-state index contributed by atoms with van der Waals surface area (Å²) >= 11 is 0. The number of nitriles is 1. The zero-order valence-electron chi connectivity index (χ0n) is 31.6. The lowest BCUT2D eigenvalue weighted by Gasteiger charge is -2.22. The first kappa shape index (κ1) is 35.1. The highest BCUT2D eigenvalue weighted by Crippen LogP contribution is 2.46. The number of aromatic nitrogens is 2. The molecular weight excluding hydrogens is 724 g/mol. The highest BCUT2D eigenvalue weighted by atomic mass is 19.4. The van der Waals surface area contributed by atoms with Crippen molar-refractivity contribution in [1.82, 2.24) is 9.13 Å². The highest BCUT2D eigenvalue weighted by molar-refractivity contribution is 6.13. The average Bonchev–Trinajstić information content (AvgIpc) is 3.75. The van der Waals surface area contributed by atoms with Gasteiger partial charge in [-0.05, 0) is 108 Å². The Kier molecular flexibility index (Phi) is 8.10. The van der Waals surface area contributed by atoms with E-state index in [4.69, 9.17) is 0 Å². The fourth-order valence-corrected chi connectivity index (χ4v) is 8.82. The summed E-state index contributed by atoms with van der Waals surface area (Å²) in [6.07, 6.45) is -4.70. The standard InChI is InChI=1S/C52H34F3N3/c1-32-12-3-5-14-37(32)35-23-26-49-43(29-35)39-16-7-9-20-46(39)57(49)48-25-22-34(31-56)28-42(48)41-18-11-19-45(52(53,54)55)51(41)58-47-21-10-8-17-40(47)44-30-36(24-27-50(44)58)38-15-6-4-13-33(38)2/h3-30H,1-2H3. The predicted molar refractivity (Wildman–Crippen MR) is 231 cm³/mol. The molecule has 2 aromatic heterocycles. The Hall–Kier alpha value is -7.36. The maximum atomic E-state index is 15.5. The first-order valence-electron chi connectivity index (χ1n) is 19.1. The topological polar surface area (TPSA) is 33.6 Å². The number of nitrogens with zero attached hydrogens (tertiary/aromatic N) is 3. The molecule has 3 nitrogen and oxygen atoms in total. The van der Waals surface area contributed by atoms with Crippen LogP contribution in [0.1, 0.15) is 22.3 Å². The quantitative estimate of drug-likeness (QED) is 0.172. The monoisotopic (exact) mass is 757 g/mol. The van der Waals surface area contributed by atoms with Crippen LogP contribution in [0.25, 0.3) is 88.4 Å². The molecule has 0 bridgehead atoms. The number of hydrogen-bond donors (Lipinski definition) is 0. The number of benzene rings is 8. The summed E-state index contributed by atoms with van der Waals surface area (Å²) in [5.41, 5.74) is 10.7. The molecule has 10 rings (SSSR count). The van der Waals surface area contributed by atoms with Crippen molar-refractivity contribution >= 4 is 43.6 Å². The van der Waals surface area contributed by atoms with Crippen LogP contribution in [0, 0.1) is 25.2 Å². The van der Waals surface area contributed by atoms with Crippen LogP contribution in [0.4, 0.5) is 13.2 Å². The minimum atomic E-state index is -4.70. The Morgan fingerprint density at radius 3 is 1.52 bits per heavy atom. The average molecular weight is 758 g/mol. The lowest BCUT2D eigenvalue weighted by atomic mass is 9.95. The Balaban J connectivity index is 1.29. The van der Waals surface area contributed by atoms with Crippen molar-refractivity contribution in [3.05, 3.63) is 192 Å². The third kappa shape index (κ3) is 5.50. The smallest absolute Gasteiger partial charge is 0.309 e. The third-order valence-corrected chi connectivity index (χ3v) is 11.5. The van der Waals surface area contributed by atoms with Crippen LogP contribution in [0.5, 0.6) is 0 Å². The second-order valence-electron chi connectivity index (χ2n) is 14.8. The van der Waals surface area contributed by atoms with Crippen molar-refractivity contribution < 1.29 is 13.2 Å². The van der Waals surface area contributed by atoms with Gasteiger partial charge in [-0.15, -0.1) is 0 Å². The van der Waals surface area contributed by atoms with Crippen LogP contribution in [0.3, 0.4) is 0 Å². The first-order valence-corrected chi connectivity index (χ1v) is 19.1. The lowest BCUT2D eigenvalue weighted by molar-refractivity contribution is -0.137. The van der Waals surface area contributed by atoms with Crippen molar-refractivity contribution in [2.75, 3.05) is 0 Å². The highest BCUT2D eigenvalue weighted by Gasteiger charge is 2.36. The predicted octanol–water partition coefficient (Wildman–Crippen LogP) is 14.4. The molecule has 0 saturated heterocycles. The molecule has 0 amide bonds. The van der Waals surface area contributed by atoms with Crippen LogP contribution in [0.2, 0.25) is 0 Å². The zero-order valence-corrected chi connectivity index (χ0v) is 31.6. The van der Waals surface area contributed by atoms with Gasteiger partial charge in [0.15, 0.2) is 0 Å². The van der Waals surface area contributed by atoms with Crippen molar-refractivity contribution in [2.45, 2.75) is 20.0 Å². The number of fused-ring (bicyclic) bond motifs is 6. The molecule has 58 heavy (non-hydrogen) atoms. The van der Waals surface area contributed by atoms with Crippen LogP contribution in [-0.4, -0.2) is 9.13 Å². The molecule has 0 fully saturated rings. The van der Waals surface area contributed by atoms with Gasteiger partial charge >= 0.3 is 6.18 Å². The van der Waals surface area contributed by atoms with Crippen LogP contribution in [-0.2, 0) is 6.18 Å². The van der Waals surface area contributed by atoms with Gasteiger partial charge in [0, 0.05) is 32.7 Å². The molecule has 0 aliphatic carbocycles. The third-order valence-electron chi connectivity index (χ3n) is 11.5. The molecular formula is C52H34F3N3. The second kappa shape index (κ2) is 13.4. The largest absolute Gasteiger partial charge is 0.418 e. The zero-order chi connectivity index (χ0) is 39.7. The van der Waals surface area contributed by atoms with Crippen LogP contribution < -0.4 is 0 Å². The summed E-state index contributed by atoms with van der Waals surface area (Å²) in [6.45, 7) is 4.15. The number of hydrogen-bond acceptors (Lipinski definition) is 1. The molecule has 8 aromatic carbocycles. The Labute approximate surface area is 333 Å². The van der Waals surface area contributed by atoms with Gasteiger partial charge in [-0.1, -0.05) is 109 Å². The van der Waals surface area contributed by atoms with Crippen molar-refractivity contribution in [1.29, 1.82) is 5.26 Å². The SMILES string of the molecule is Cc1ccccc1-c1ccc2c(c1)c1ccccc1n2-c1ccc(C#N)cc1-c1cccc(C(F)(F)F)c1-n1c2ccccc2c2cc(-c3ccccc3C)ccc21. The van der Waals surface area contributed by atoms with Gasteiger partial charge in [-0.2, -0.15) is 18.4 Å². The minimum Gasteiger partial charge on any atom is -0.309 e. The summed E-state index contributed by atoms with van der Waals surface area (Å²) in [4.78, 5) is 0.